The molecule has 28 heavy (non-hydrogen) atoms. The van der Waals surface area contributed by atoms with Crippen molar-refractivity contribution in [3.63, 3.8) is 0 Å². The molecule has 3 aromatic carbocycles. The van der Waals surface area contributed by atoms with E-state index in [1.807, 2.05) is 98.8 Å². The molecule has 1 N–H and O–H groups in total. The van der Waals surface area contributed by atoms with Crippen LogP contribution in [0.4, 0.5) is 11.4 Å². The summed E-state index contributed by atoms with van der Waals surface area (Å²) in [4.78, 5) is 14.8. The van der Waals surface area contributed by atoms with E-state index in [0.717, 1.165) is 22.7 Å². The van der Waals surface area contributed by atoms with Crippen LogP contribution in [0.5, 0.6) is 5.75 Å². The van der Waals surface area contributed by atoms with Gasteiger partial charge in [-0.3, -0.25) is 4.79 Å². The third-order valence-electron chi connectivity index (χ3n) is 4.22. The molecule has 0 fully saturated rings. The first-order valence-electron chi connectivity index (χ1n) is 9.52. The zero-order valence-electron chi connectivity index (χ0n) is 16.3. The summed E-state index contributed by atoms with van der Waals surface area (Å²) in [5, 5.41) is 3.21. The summed E-state index contributed by atoms with van der Waals surface area (Å²) in [7, 11) is 0. The Balaban J connectivity index is 1.67. The van der Waals surface area contributed by atoms with Gasteiger partial charge in [0.15, 0.2) is 0 Å². The highest BCUT2D eigenvalue weighted by Gasteiger charge is 2.16. The van der Waals surface area contributed by atoms with Gasteiger partial charge < -0.3 is 15.0 Å². The standard InChI is InChI=1S/C24H26N2O2/c1-19(2)28-23-15-13-21(14-16-23)25-17-24(27)26(22-11-7-4-8-12-22)18-20-9-5-3-6-10-20/h3-16,19,25H,17-18H2,1-2H3. The molecule has 0 radical (unpaired) electrons. The zero-order chi connectivity index (χ0) is 19.8. The fourth-order valence-corrected chi connectivity index (χ4v) is 2.89. The van der Waals surface area contributed by atoms with E-state index in [0.29, 0.717) is 6.54 Å². The Morgan fingerprint density at radius 2 is 1.50 bits per heavy atom. The summed E-state index contributed by atoms with van der Waals surface area (Å²) in [5.74, 6) is 0.833. The van der Waals surface area contributed by atoms with E-state index >= 15 is 0 Å². The maximum Gasteiger partial charge on any atom is 0.246 e. The Bertz CT molecular complexity index is 862. The monoisotopic (exact) mass is 374 g/mol. The summed E-state index contributed by atoms with van der Waals surface area (Å²) in [6, 6.07) is 27.4. The molecule has 0 bridgehead atoms. The van der Waals surface area contributed by atoms with Crippen molar-refractivity contribution < 1.29 is 9.53 Å². The Morgan fingerprint density at radius 1 is 0.893 bits per heavy atom. The van der Waals surface area contributed by atoms with Crippen molar-refractivity contribution >= 4 is 17.3 Å². The molecule has 0 spiro atoms. The number of para-hydroxylation sites is 1. The molecule has 0 aliphatic heterocycles. The summed E-state index contributed by atoms with van der Waals surface area (Å²) in [6.45, 7) is 4.74. The number of benzene rings is 3. The number of carbonyl (C=O) groups is 1. The molecule has 3 rings (SSSR count). The predicted octanol–water partition coefficient (Wildman–Crippen LogP) is 5.12. The van der Waals surface area contributed by atoms with Crippen molar-refractivity contribution in [1.82, 2.24) is 0 Å². The van der Waals surface area contributed by atoms with E-state index in [2.05, 4.69) is 5.32 Å². The lowest BCUT2D eigenvalue weighted by Gasteiger charge is -2.23. The van der Waals surface area contributed by atoms with Gasteiger partial charge in [-0.1, -0.05) is 48.5 Å². The lowest BCUT2D eigenvalue weighted by atomic mass is 10.2. The first kappa shape index (κ1) is 19.5. The number of ether oxygens (including phenoxy) is 1. The van der Waals surface area contributed by atoms with Crippen molar-refractivity contribution in [2.24, 2.45) is 0 Å². The fourth-order valence-electron chi connectivity index (χ4n) is 2.89. The van der Waals surface area contributed by atoms with E-state index in [1.54, 1.807) is 4.90 Å². The van der Waals surface area contributed by atoms with Crippen LogP contribution in [0.15, 0.2) is 84.9 Å². The molecule has 4 nitrogen and oxygen atoms in total. The van der Waals surface area contributed by atoms with E-state index < -0.39 is 0 Å². The van der Waals surface area contributed by atoms with Crippen LogP contribution in [0.25, 0.3) is 0 Å². The molecule has 0 saturated carbocycles. The fraction of sp³-hybridized carbons (Fsp3) is 0.208. The van der Waals surface area contributed by atoms with Crippen LogP contribution >= 0.6 is 0 Å². The van der Waals surface area contributed by atoms with Gasteiger partial charge in [0.1, 0.15) is 5.75 Å². The predicted molar refractivity (Wildman–Crippen MR) is 115 cm³/mol. The molecule has 144 valence electrons. The van der Waals surface area contributed by atoms with Gasteiger partial charge in [-0.05, 0) is 55.8 Å². The number of hydrogen-bond acceptors (Lipinski definition) is 3. The Hall–Kier alpha value is -3.27. The second-order valence-corrected chi connectivity index (χ2v) is 6.85. The number of hydrogen-bond donors (Lipinski definition) is 1. The first-order chi connectivity index (χ1) is 13.6. The summed E-state index contributed by atoms with van der Waals surface area (Å²) in [6.07, 6.45) is 0.137. The van der Waals surface area contributed by atoms with Crippen molar-refractivity contribution in [2.45, 2.75) is 26.5 Å². The smallest absolute Gasteiger partial charge is 0.246 e. The molecular weight excluding hydrogens is 348 g/mol. The van der Waals surface area contributed by atoms with Gasteiger partial charge >= 0.3 is 0 Å². The molecule has 0 aliphatic rings. The number of nitrogens with zero attached hydrogens (tertiary/aromatic N) is 1. The topological polar surface area (TPSA) is 41.6 Å². The first-order valence-corrected chi connectivity index (χ1v) is 9.52. The summed E-state index contributed by atoms with van der Waals surface area (Å²) >= 11 is 0. The van der Waals surface area contributed by atoms with Gasteiger partial charge in [0, 0.05) is 11.4 Å². The molecule has 0 aromatic heterocycles. The third-order valence-corrected chi connectivity index (χ3v) is 4.22. The van der Waals surface area contributed by atoms with Gasteiger partial charge in [-0.15, -0.1) is 0 Å². The highest BCUT2D eigenvalue weighted by atomic mass is 16.5. The number of carbonyl (C=O) groups excluding carboxylic acids is 1. The molecule has 0 saturated heterocycles. The van der Waals surface area contributed by atoms with Gasteiger partial charge in [0.05, 0.1) is 19.2 Å². The Labute approximate surface area is 166 Å². The van der Waals surface area contributed by atoms with Gasteiger partial charge in [0.25, 0.3) is 0 Å². The normalized spacial score (nSPS) is 10.5. The number of rotatable bonds is 8. The molecule has 4 heteroatoms. The maximum absolute atomic E-state index is 13.0. The van der Waals surface area contributed by atoms with E-state index in [-0.39, 0.29) is 18.6 Å². The highest BCUT2D eigenvalue weighted by molar-refractivity contribution is 5.96. The number of amides is 1. The minimum atomic E-state index is 0.0116. The van der Waals surface area contributed by atoms with Crippen molar-refractivity contribution in [1.29, 1.82) is 0 Å². The van der Waals surface area contributed by atoms with Crippen LogP contribution in [0.1, 0.15) is 19.4 Å². The SMILES string of the molecule is CC(C)Oc1ccc(NCC(=O)N(Cc2ccccc2)c2ccccc2)cc1. The lowest BCUT2D eigenvalue weighted by Crippen LogP contribution is -2.35. The second kappa shape index (κ2) is 9.60. The average Bonchev–Trinajstić information content (AvgIpc) is 2.72. The third kappa shape index (κ3) is 5.61. The Morgan fingerprint density at radius 3 is 2.11 bits per heavy atom. The summed E-state index contributed by atoms with van der Waals surface area (Å²) in [5.41, 5.74) is 2.87. The molecule has 0 atom stereocenters. The highest BCUT2D eigenvalue weighted by Crippen LogP contribution is 2.19. The van der Waals surface area contributed by atoms with Gasteiger partial charge in [-0.2, -0.15) is 0 Å². The number of nitrogens with one attached hydrogen (secondary N) is 1. The van der Waals surface area contributed by atoms with Gasteiger partial charge in [-0.25, -0.2) is 0 Å². The minimum absolute atomic E-state index is 0.0116. The van der Waals surface area contributed by atoms with E-state index in [1.165, 1.54) is 0 Å². The average molecular weight is 374 g/mol. The van der Waals surface area contributed by atoms with Crippen LogP contribution < -0.4 is 15.0 Å². The minimum Gasteiger partial charge on any atom is -0.491 e. The Kier molecular flexibility index (Phi) is 6.68. The van der Waals surface area contributed by atoms with Crippen LogP contribution in [-0.2, 0) is 11.3 Å². The molecule has 0 heterocycles. The largest absolute Gasteiger partial charge is 0.491 e. The van der Waals surface area contributed by atoms with E-state index in [4.69, 9.17) is 4.74 Å². The van der Waals surface area contributed by atoms with Crippen molar-refractivity contribution in [2.75, 3.05) is 16.8 Å². The molecule has 0 aliphatic carbocycles. The molecule has 1 amide bonds. The maximum atomic E-state index is 13.0. The van der Waals surface area contributed by atoms with Crippen LogP contribution in [0, 0.1) is 0 Å². The van der Waals surface area contributed by atoms with Crippen LogP contribution in [-0.4, -0.2) is 18.6 Å². The zero-order valence-corrected chi connectivity index (χ0v) is 16.3. The van der Waals surface area contributed by atoms with Crippen LogP contribution in [0.2, 0.25) is 0 Å². The number of anilines is 2. The quantitative estimate of drug-likeness (QED) is 0.595. The molecular formula is C24H26N2O2. The molecule has 3 aromatic rings. The lowest BCUT2D eigenvalue weighted by molar-refractivity contribution is -0.117. The summed E-state index contributed by atoms with van der Waals surface area (Å²) < 4.78 is 5.65. The second-order valence-electron chi connectivity index (χ2n) is 6.85. The van der Waals surface area contributed by atoms with Crippen molar-refractivity contribution in [3.05, 3.63) is 90.5 Å². The van der Waals surface area contributed by atoms with Crippen molar-refractivity contribution in [3.8, 4) is 5.75 Å². The van der Waals surface area contributed by atoms with Crippen LogP contribution in [0.3, 0.4) is 0 Å². The van der Waals surface area contributed by atoms with Gasteiger partial charge in [0.2, 0.25) is 5.91 Å². The van der Waals surface area contributed by atoms with E-state index in [9.17, 15) is 4.79 Å². The molecule has 0 unspecified atom stereocenters.